The van der Waals surface area contributed by atoms with Crippen LogP contribution in [0, 0.1) is 13.8 Å². The van der Waals surface area contributed by atoms with E-state index < -0.39 is 0 Å². The topological polar surface area (TPSA) is 43.0 Å². The fourth-order valence-electron chi connectivity index (χ4n) is 1.95. The summed E-state index contributed by atoms with van der Waals surface area (Å²) in [5.41, 5.74) is 2.44. The second-order valence-electron chi connectivity index (χ2n) is 4.96. The van der Waals surface area contributed by atoms with E-state index in [0.717, 1.165) is 24.6 Å². The highest BCUT2D eigenvalue weighted by Crippen LogP contribution is 2.13. The maximum atomic E-state index is 5.50. The molecule has 0 bridgehead atoms. The lowest BCUT2D eigenvalue weighted by Gasteiger charge is -2.04. The Balaban J connectivity index is 1.86. The lowest BCUT2D eigenvalue weighted by atomic mass is 10.2. The van der Waals surface area contributed by atoms with Crippen LogP contribution in [-0.2, 0) is 13.1 Å². The largest absolute Gasteiger partial charge is 0.466 e. The van der Waals surface area contributed by atoms with Crippen molar-refractivity contribution in [1.82, 2.24) is 15.1 Å². The molecule has 0 radical (unpaired) electrons. The Kier molecular flexibility index (Phi) is 3.87. The Labute approximate surface area is 108 Å². The fraction of sp³-hybridized carbons (Fsp3) is 0.500. The number of aryl methyl sites for hydroxylation is 2. The van der Waals surface area contributed by atoms with Crippen LogP contribution in [0.1, 0.15) is 42.5 Å². The SMILES string of the molecule is Cc1cc(CNCc2cnn(C(C)C)c2)c(C)o1. The molecule has 2 rings (SSSR count). The first-order valence-electron chi connectivity index (χ1n) is 6.36. The van der Waals surface area contributed by atoms with E-state index in [2.05, 4.69) is 36.5 Å². The molecule has 0 saturated heterocycles. The molecular weight excluding hydrogens is 226 g/mol. The number of furan rings is 1. The molecule has 0 aliphatic heterocycles. The van der Waals surface area contributed by atoms with Crippen LogP contribution in [0.15, 0.2) is 22.9 Å². The van der Waals surface area contributed by atoms with E-state index in [1.165, 1.54) is 11.1 Å². The van der Waals surface area contributed by atoms with E-state index in [-0.39, 0.29) is 0 Å². The monoisotopic (exact) mass is 247 g/mol. The zero-order valence-corrected chi connectivity index (χ0v) is 11.5. The van der Waals surface area contributed by atoms with Crippen molar-refractivity contribution in [3.8, 4) is 0 Å². The Bertz CT molecular complexity index is 511. The zero-order valence-electron chi connectivity index (χ0n) is 11.5. The number of aromatic nitrogens is 2. The number of hydrogen-bond acceptors (Lipinski definition) is 3. The standard InChI is InChI=1S/C14H21N3O/c1-10(2)17-9-13(7-16-17)6-15-8-14-5-11(3)18-12(14)4/h5,7,9-10,15H,6,8H2,1-4H3. The summed E-state index contributed by atoms with van der Waals surface area (Å²) in [6.45, 7) is 9.89. The van der Waals surface area contributed by atoms with Crippen LogP contribution in [0.25, 0.3) is 0 Å². The highest BCUT2D eigenvalue weighted by atomic mass is 16.3. The molecule has 2 aromatic rings. The smallest absolute Gasteiger partial charge is 0.105 e. The number of rotatable bonds is 5. The molecule has 2 aromatic heterocycles. The molecule has 0 aliphatic rings. The zero-order chi connectivity index (χ0) is 13.1. The number of nitrogens with zero attached hydrogens (tertiary/aromatic N) is 2. The lowest BCUT2D eigenvalue weighted by Crippen LogP contribution is -2.12. The van der Waals surface area contributed by atoms with E-state index in [9.17, 15) is 0 Å². The van der Waals surface area contributed by atoms with E-state index in [4.69, 9.17) is 4.42 Å². The van der Waals surface area contributed by atoms with Crippen LogP contribution in [0.2, 0.25) is 0 Å². The van der Waals surface area contributed by atoms with Gasteiger partial charge in [0.15, 0.2) is 0 Å². The molecule has 0 saturated carbocycles. The highest BCUT2D eigenvalue weighted by molar-refractivity contribution is 5.20. The molecule has 2 heterocycles. The molecule has 0 amide bonds. The van der Waals surface area contributed by atoms with Gasteiger partial charge in [0.2, 0.25) is 0 Å². The van der Waals surface area contributed by atoms with Crippen molar-refractivity contribution in [2.24, 2.45) is 0 Å². The van der Waals surface area contributed by atoms with Crippen molar-refractivity contribution in [3.05, 3.63) is 41.1 Å². The molecule has 0 aromatic carbocycles. The molecule has 1 N–H and O–H groups in total. The predicted octanol–water partition coefficient (Wildman–Crippen LogP) is 2.96. The maximum absolute atomic E-state index is 5.50. The van der Waals surface area contributed by atoms with Crippen molar-refractivity contribution in [1.29, 1.82) is 0 Å². The molecule has 0 fully saturated rings. The van der Waals surface area contributed by atoms with E-state index in [0.29, 0.717) is 6.04 Å². The summed E-state index contributed by atoms with van der Waals surface area (Å²) in [5, 5.41) is 7.73. The van der Waals surface area contributed by atoms with Gasteiger partial charge in [-0.05, 0) is 33.8 Å². The summed E-state index contributed by atoms with van der Waals surface area (Å²) in [4.78, 5) is 0. The van der Waals surface area contributed by atoms with Gasteiger partial charge in [-0.15, -0.1) is 0 Å². The average molecular weight is 247 g/mol. The molecule has 0 atom stereocenters. The molecule has 98 valence electrons. The summed E-state index contributed by atoms with van der Waals surface area (Å²) in [6, 6.07) is 2.50. The average Bonchev–Trinajstić information content (AvgIpc) is 2.87. The van der Waals surface area contributed by atoms with Crippen LogP contribution in [0.4, 0.5) is 0 Å². The van der Waals surface area contributed by atoms with E-state index >= 15 is 0 Å². The minimum Gasteiger partial charge on any atom is -0.466 e. The summed E-state index contributed by atoms with van der Waals surface area (Å²) in [7, 11) is 0. The van der Waals surface area contributed by atoms with Crippen molar-refractivity contribution in [2.45, 2.75) is 46.8 Å². The molecule has 0 aliphatic carbocycles. The third kappa shape index (κ3) is 3.01. The van der Waals surface area contributed by atoms with Gasteiger partial charge in [-0.1, -0.05) is 0 Å². The second kappa shape index (κ2) is 5.40. The van der Waals surface area contributed by atoms with Crippen molar-refractivity contribution < 1.29 is 4.42 Å². The first kappa shape index (κ1) is 12.9. The minimum atomic E-state index is 0.414. The van der Waals surface area contributed by atoms with Gasteiger partial charge in [0.1, 0.15) is 11.5 Å². The highest BCUT2D eigenvalue weighted by Gasteiger charge is 2.05. The van der Waals surface area contributed by atoms with Crippen LogP contribution in [-0.4, -0.2) is 9.78 Å². The van der Waals surface area contributed by atoms with Crippen LogP contribution in [0.3, 0.4) is 0 Å². The molecule has 0 unspecified atom stereocenters. The summed E-state index contributed by atoms with van der Waals surface area (Å²) in [6.07, 6.45) is 4.01. The molecule has 4 heteroatoms. The van der Waals surface area contributed by atoms with Crippen LogP contribution in [0.5, 0.6) is 0 Å². The van der Waals surface area contributed by atoms with Gasteiger partial charge >= 0.3 is 0 Å². The summed E-state index contributed by atoms with van der Waals surface area (Å²) >= 11 is 0. The Hall–Kier alpha value is -1.55. The van der Waals surface area contributed by atoms with Crippen molar-refractivity contribution >= 4 is 0 Å². The molecule has 0 spiro atoms. The Morgan fingerprint density at radius 1 is 1.33 bits per heavy atom. The normalized spacial score (nSPS) is 11.4. The first-order chi connectivity index (χ1) is 8.56. The quantitative estimate of drug-likeness (QED) is 0.883. The van der Waals surface area contributed by atoms with E-state index in [1.807, 2.05) is 24.7 Å². The minimum absolute atomic E-state index is 0.414. The molecule has 18 heavy (non-hydrogen) atoms. The fourth-order valence-corrected chi connectivity index (χ4v) is 1.95. The Morgan fingerprint density at radius 2 is 2.11 bits per heavy atom. The number of nitrogens with one attached hydrogen (secondary N) is 1. The first-order valence-corrected chi connectivity index (χ1v) is 6.36. The maximum Gasteiger partial charge on any atom is 0.105 e. The van der Waals surface area contributed by atoms with Gasteiger partial charge in [-0.2, -0.15) is 5.10 Å². The second-order valence-corrected chi connectivity index (χ2v) is 4.96. The Morgan fingerprint density at radius 3 is 2.67 bits per heavy atom. The van der Waals surface area contributed by atoms with Gasteiger partial charge in [-0.3, -0.25) is 4.68 Å². The number of hydrogen-bond donors (Lipinski definition) is 1. The molecular formula is C14H21N3O. The molecule has 4 nitrogen and oxygen atoms in total. The van der Waals surface area contributed by atoms with E-state index in [1.54, 1.807) is 0 Å². The van der Waals surface area contributed by atoms with Gasteiger partial charge < -0.3 is 9.73 Å². The predicted molar refractivity (Wildman–Crippen MR) is 71.3 cm³/mol. The van der Waals surface area contributed by atoms with Crippen molar-refractivity contribution in [2.75, 3.05) is 0 Å². The third-order valence-corrected chi connectivity index (χ3v) is 2.97. The van der Waals surface area contributed by atoms with Gasteiger partial charge in [0.05, 0.1) is 6.20 Å². The van der Waals surface area contributed by atoms with Gasteiger partial charge in [0.25, 0.3) is 0 Å². The summed E-state index contributed by atoms with van der Waals surface area (Å²) < 4.78 is 7.47. The van der Waals surface area contributed by atoms with Crippen molar-refractivity contribution in [3.63, 3.8) is 0 Å². The van der Waals surface area contributed by atoms with Crippen LogP contribution < -0.4 is 5.32 Å². The summed E-state index contributed by atoms with van der Waals surface area (Å²) in [5.74, 6) is 1.97. The van der Waals surface area contributed by atoms with Gasteiger partial charge in [-0.25, -0.2) is 0 Å². The van der Waals surface area contributed by atoms with Crippen LogP contribution >= 0.6 is 0 Å². The third-order valence-electron chi connectivity index (χ3n) is 2.97. The lowest BCUT2D eigenvalue weighted by molar-refractivity contribution is 0.499. The van der Waals surface area contributed by atoms with Gasteiger partial charge in [0, 0.05) is 36.5 Å².